The minimum absolute atomic E-state index is 0.0124. The molecule has 1 saturated heterocycles. The van der Waals surface area contributed by atoms with Gasteiger partial charge in [0.1, 0.15) is 35.0 Å². The summed E-state index contributed by atoms with van der Waals surface area (Å²) in [6, 6.07) is 6.16. The predicted octanol–water partition coefficient (Wildman–Crippen LogP) is 2.03. The summed E-state index contributed by atoms with van der Waals surface area (Å²) in [6.45, 7) is 5.58. The third-order valence-electron chi connectivity index (χ3n) is 5.74. The van der Waals surface area contributed by atoms with Crippen LogP contribution >= 0.6 is 23.1 Å². The van der Waals surface area contributed by atoms with Crippen molar-refractivity contribution in [3.05, 3.63) is 58.2 Å². The molecule has 222 valence electrons. The predicted molar refractivity (Wildman–Crippen MR) is 153 cm³/mol. The van der Waals surface area contributed by atoms with E-state index < -0.39 is 40.9 Å². The molecule has 42 heavy (non-hydrogen) atoms. The van der Waals surface area contributed by atoms with Gasteiger partial charge in [-0.15, -0.1) is 23.1 Å². The molecule has 1 fully saturated rings. The lowest BCUT2D eigenvalue weighted by Crippen LogP contribution is -2.70. The number of ether oxygens (including phenoxy) is 1. The van der Waals surface area contributed by atoms with E-state index in [0.717, 1.165) is 27.4 Å². The summed E-state index contributed by atoms with van der Waals surface area (Å²) in [5.74, 6) is -2.17. The largest absolute Gasteiger partial charge is 0.477 e. The highest BCUT2D eigenvalue weighted by Crippen LogP contribution is 2.37. The molecular formula is C26H28N6O8S2. The number of fused-ring (bicyclic) bond motifs is 1. The van der Waals surface area contributed by atoms with Crippen LogP contribution in [0.1, 0.15) is 37.6 Å². The van der Waals surface area contributed by atoms with Crippen molar-refractivity contribution in [2.45, 2.75) is 50.9 Å². The molecule has 2 aliphatic rings. The van der Waals surface area contributed by atoms with Gasteiger partial charge in [0.25, 0.3) is 11.8 Å². The number of β-lactam (4-membered cyclic amide) rings is 1. The molecule has 14 nitrogen and oxygen atoms in total. The third-order valence-corrected chi connectivity index (χ3v) is 7.70. The normalized spacial score (nSPS) is 18.2. The number of oxime groups is 1. The number of nitrogens with one attached hydrogen (secondary N) is 3. The summed E-state index contributed by atoms with van der Waals surface area (Å²) in [7, 11) is 0. The molecule has 0 radical (unpaired) electrons. The highest BCUT2D eigenvalue weighted by atomic mass is 32.2. The lowest BCUT2D eigenvalue weighted by molar-refractivity contribution is -0.150. The zero-order chi connectivity index (χ0) is 30.4. The Morgan fingerprint density at radius 1 is 1.21 bits per heavy atom. The van der Waals surface area contributed by atoms with Gasteiger partial charge in [-0.1, -0.05) is 29.4 Å². The number of alkyl carbamates (subject to hydrolysis) is 1. The zero-order valence-corrected chi connectivity index (χ0v) is 24.4. The molecule has 0 bridgehead atoms. The summed E-state index contributed by atoms with van der Waals surface area (Å²) in [5, 5.41) is 22.2. The van der Waals surface area contributed by atoms with Crippen LogP contribution in [0.4, 0.5) is 9.93 Å². The Balaban J connectivity index is 1.41. The molecular weight excluding hydrogens is 588 g/mol. The summed E-state index contributed by atoms with van der Waals surface area (Å²) >= 11 is 2.38. The van der Waals surface area contributed by atoms with E-state index in [1.807, 2.05) is 0 Å². The zero-order valence-electron chi connectivity index (χ0n) is 22.8. The van der Waals surface area contributed by atoms with Crippen LogP contribution in [0.5, 0.6) is 0 Å². The number of hydrogen-bond acceptors (Lipinski definition) is 11. The fourth-order valence-electron chi connectivity index (χ4n) is 3.86. The van der Waals surface area contributed by atoms with E-state index in [2.05, 4.69) is 26.1 Å². The average Bonchev–Trinajstić information content (AvgIpc) is 3.40. The quantitative estimate of drug-likeness (QED) is 0.126. The maximum Gasteiger partial charge on any atom is 0.407 e. The first kappa shape index (κ1) is 30.5. The Labute approximate surface area is 248 Å². The molecule has 4 rings (SSSR count). The molecule has 0 spiro atoms. The molecule has 2 atom stereocenters. The number of anilines is 1. The van der Waals surface area contributed by atoms with Crippen LogP contribution in [0.25, 0.3) is 0 Å². The SMILES string of the molecule is CC(C)(C)OC(=O)NCc1ccc(CO/N=C(\C(=O)NC2C(=O)N3C(C(=O)O)=CCS[C@H]23)c2csc(NC=O)n2)cc1. The number of thioether (sulfide) groups is 1. The van der Waals surface area contributed by atoms with Gasteiger partial charge < -0.3 is 30.6 Å². The summed E-state index contributed by atoms with van der Waals surface area (Å²) in [4.78, 5) is 70.9. The lowest BCUT2D eigenvalue weighted by atomic mass is 10.0. The van der Waals surface area contributed by atoms with Crippen LogP contribution in [-0.4, -0.2) is 73.8 Å². The molecule has 2 aromatic rings. The molecule has 2 aliphatic heterocycles. The number of benzene rings is 1. The van der Waals surface area contributed by atoms with Crippen LogP contribution in [0.3, 0.4) is 0 Å². The van der Waals surface area contributed by atoms with E-state index >= 15 is 0 Å². The number of nitrogens with zero attached hydrogens (tertiary/aromatic N) is 3. The standard InChI is InChI=1S/C26H28N6O8S2/c1-26(2,3)40-25(38)27-10-14-4-6-15(7-5-14)11-39-31-18(16-12-42-24(29-16)28-13-33)20(34)30-19-21(35)32-17(23(36)37)8-9-41-22(19)32/h4-8,12-13,19,22H,9-11H2,1-3H3,(H,27,38)(H,30,34)(H,36,37)(H,28,29,33)/b31-18-/t19?,22-/m1/s1. The minimum Gasteiger partial charge on any atom is -0.477 e. The smallest absolute Gasteiger partial charge is 0.407 e. The Hall–Kier alpha value is -4.44. The second-order valence-electron chi connectivity index (χ2n) is 9.96. The molecule has 4 amide bonds. The van der Waals surface area contributed by atoms with Crippen molar-refractivity contribution in [2.75, 3.05) is 11.1 Å². The van der Waals surface area contributed by atoms with Crippen molar-refractivity contribution in [3.63, 3.8) is 0 Å². The number of thiazole rings is 1. The maximum absolute atomic E-state index is 13.2. The number of hydrogen-bond donors (Lipinski definition) is 4. The molecule has 3 heterocycles. The first-order valence-electron chi connectivity index (χ1n) is 12.6. The number of carboxylic acids is 1. The Bertz CT molecular complexity index is 1430. The fourth-order valence-corrected chi connectivity index (χ4v) is 5.71. The van der Waals surface area contributed by atoms with Crippen molar-refractivity contribution >= 4 is 64.2 Å². The molecule has 0 saturated carbocycles. The van der Waals surface area contributed by atoms with Gasteiger partial charge in [-0.05, 0) is 38.0 Å². The molecule has 0 aliphatic carbocycles. The van der Waals surface area contributed by atoms with Gasteiger partial charge in [0.15, 0.2) is 10.8 Å². The van der Waals surface area contributed by atoms with Crippen LogP contribution in [-0.2, 0) is 41.9 Å². The van der Waals surface area contributed by atoms with Crippen LogP contribution in [0.15, 0.2) is 46.6 Å². The van der Waals surface area contributed by atoms with Crippen molar-refractivity contribution in [1.82, 2.24) is 20.5 Å². The molecule has 16 heteroatoms. The Morgan fingerprint density at radius 3 is 2.60 bits per heavy atom. The Morgan fingerprint density at radius 2 is 1.93 bits per heavy atom. The number of rotatable bonds is 11. The van der Waals surface area contributed by atoms with Crippen LogP contribution in [0.2, 0.25) is 0 Å². The molecule has 1 aromatic heterocycles. The first-order chi connectivity index (χ1) is 20.0. The van der Waals surface area contributed by atoms with Gasteiger partial charge in [0.2, 0.25) is 6.41 Å². The summed E-state index contributed by atoms with van der Waals surface area (Å²) in [6.07, 6.45) is 1.36. The van der Waals surface area contributed by atoms with Crippen molar-refractivity contribution < 1.29 is 38.7 Å². The topological polar surface area (TPSA) is 189 Å². The monoisotopic (exact) mass is 616 g/mol. The maximum atomic E-state index is 13.2. The van der Waals surface area contributed by atoms with Crippen molar-refractivity contribution in [3.8, 4) is 0 Å². The van der Waals surface area contributed by atoms with Crippen molar-refractivity contribution in [2.24, 2.45) is 5.16 Å². The Kier molecular flexibility index (Phi) is 9.47. The average molecular weight is 617 g/mol. The second-order valence-corrected chi connectivity index (χ2v) is 12.0. The van der Waals surface area contributed by atoms with Gasteiger partial charge in [0.05, 0.1) is 0 Å². The fraction of sp³-hybridized carbons (Fsp3) is 0.346. The number of carbonyl (C=O) groups is 5. The minimum atomic E-state index is -1.22. The van der Waals surface area contributed by atoms with E-state index in [9.17, 15) is 29.1 Å². The van der Waals surface area contributed by atoms with E-state index in [1.54, 1.807) is 45.0 Å². The van der Waals surface area contributed by atoms with Gasteiger partial charge in [-0.25, -0.2) is 14.6 Å². The summed E-state index contributed by atoms with van der Waals surface area (Å²) < 4.78 is 5.22. The van der Waals surface area contributed by atoms with E-state index in [0.29, 0.717) is 12.2 Å². The van der Waals surface area contributed by atoms with E-state index in [4.69, 9.17) is 9.57 Å². The number of carbonyl (C=O) groups excluding carboxylic acids is 4. The molecule has 4 N–H and O–H groups in total. The highest BCUT2D eigenvalue weighted by Gasteiger charge is 2.53. The van der Waals surface area contributed by atoms with E-state index in [1.165, 1.54) is 23.2 Å². The first-order valence-corrected chi connectivity index (χ1v) is 14.5. The van der Waals surface area contributed by atoms with Crippen LogP contribution in [0, 0.1) is 0 Å². The number of aromatic nitrogens is 1. The highest BCUT2D eigenvalue weighted by molar-refractivity contribution is 8.00. The van der Waals surface area contributed by atoms with E-state index in [-0.39, 0.29) is 35.4 Å². The van der Waals surface area contributed by atoms with Gasteiger partial charge in [0, 0.05) is 17.7 Å². The lowest BCUT2D eigenvalue weighted by Gasteiger charge is -2.48. The third kappa shape index (κ3) is 7.44. The van der Waals surface area contributed by atoms with Gasteiger partial charge >= 0.3 is 12.1 Å². The van der Waals surface area contributed by atoms with Gasteiger partial charge in [-0.2, -0.15) is 0 Å². The molecule has 1 aromatic carbocycles. The number of aliphatic carboxylic acids is 1. The van der Waals surface area contributed by atoms with Crippen molar-refractivity contribution in [1.29, 1.82) is 0 Å². The number of carboxylic acid groups (broad SMARTS) is 1. The second kappa shape index (κ2) is 13.0. The van der Waals surface area contributed by atoms with Crippen LogP contribution < -0.4 is 16.0 Å². The number of amides is 4. The summed E-state index contributed by atoms with van der Waals surface area (Å²) in [5.41, 5.74) is 0.698. The van der Waals surface area contributed by atoms with Gasteiger partial charge in [-0.3, -0.25) is 19.3 Å². The molecule has 1 unspecified atom stereocenters.